The molecule has 1 saturated heterocycles. The number of nitriles is 1. The lowest BCUT2D eigenvalue weighted by molar-refractivity contribution is 0.00821. The van der Waals surface area contributed by atoms with Crippen molar-refractivity contribution in [2.75, 3.05) is 6.54 Å². The van der Waals surface area contributed by atoms with E-state index in [1.807, 2.05) is 48.6 Å². The number of carbonyl (C=O) groups excluding carboxylic acids is 1. The first-order valence-corrected chi connectivity index (χ1v) is 10.3. The first kappa shape index (κ1) is 18.6. The lowest BCUT2D eigenvalue weighted by atomic mass is 9.65. The van der Waals surface area contributed by atoms with Gasteiger partial charge in [-0.15, -0.1) is 0 Å². The molecule has 0 N–H and O–H groups in total. The Morgan fingerprint density at radius 2 is 2.03 bits per heavy atom. The summed E-state index contributed by atoms with van der Waals surface area (Å²) in [6.07, 6.45) is 8.22. The van der Waals surface area contributed by atoms with E-state index < -0.39 is 0 Å². The number of amides is 1. The summed E-state index contributed by atoms with van der Waals surface area (Å²) in [4.78, 5) is 15.1. The molecule has 1 saturated carbocycles. The zero-order chi connectivity index (χ0) is 20.7. The minimum absolute atomic E-state index is 0.0864. The summed E-state index contributed by atoms with van der Waals surface area (Å²) in [6.45, 7) is 0.744. The summed E-state index contributed by atoms with van der Waals surface area (Å²) >= 11 is 0. The highest BCUT2D eigenvalue weighted by Gasteiger charge is 2.52. The van der Waals surface area contributed by atoms with Crippen molar-refractivity contribution in [2.45, 2.75) is 37.6 Å². The number of hydrogen-bond acceptors (Lipinski definition) is 5. The first-order valence-electron chi connectivity index (χ1n) is 10.3. The van der Waals surface area contributed by atoms with Gasteiger partial charge in [-0.3, -0.25) is 9.48 Å². The van der Waals surface area contributed by atoms with Crippen LogP contribution < -0.4 is 0 Å². The molecule has 30 heavy (non-hydrogen) atoms. The summed E-state index contributed by atoms with van der Waals surface area (Å²) in [7, 11) is 1.89. The molecule has 7 nitrogen and oxygen atoms in total. The van der Waals surface area contributed by atoms with Gasteiger partial charge in [0, 0.05) is 48.9 Å². The molecule has 1 aliphatic carbocycles. The second-order valence-corrected chi connectivity index (χ2v) is 8.48. The van der Waals surface area contributed by atoms with Crippen molar-refractivity contribution in [2.24, 2.45) is 13.0 Å². The molecule has 3 heterocycles. The number of benzene rings is 1. The lowest BCUT2D eigenvalue weighted by Crippen LogP contribution is -2.55. The average Bonchev–Trinajstić information content (AvgIpc) is 3.47. The average molecular weight is 401 g/mol. The molecule has 152 valence electrons. The monoisotopic (exact) mass is 401 g/mol. The zero-order valence-electron chi connectivity index (χ0n) is 16.9. The minimum atomic E-state index is -0.0892. The summed E-state index contributed by atoms with van der Waals surface area (Å²) < 4.78 is 7.21. The van der Waals surface area contributed by atoms with Crippen LogP contribution in [0.4, 0.5) is 0 Å². The summed E-state index contributed by atoms with van der Waals surface area (Å²) in [5.41, 5.74) is 3.59. The van der Waals surface area contributed by atoms with Crippen LogP contribution >= 0.6 is 0 Å². The Morgan fingerprint density at radius 3 is 2.73 bits per heavy atom. The Balaban J connectivity index is 1.32. The van der Waals surface area contributed by atoms with Gasteiger partial charge in [0.15, 0.2) is 0 Å². The van der Waals surface area contributed by atoms with E-state index in [4.69, 9.17) is 9.78 Å². The topological polar surface area (TPSA) is 88.0 Å². The second-order valence-electron chi connectivity index (χ2n) is 8.48. The van der Waals surface area contributed by atoms with Gasteiger partial charge in [0.1, 0.15) is 5.69 Å². The van der Waals surface area contributed by atoms with Crippen molar-refractivity contribution >= 4 is 5.91 Å². The van der Waals surface area contributed by atoms with Crippen LogP contribution in [0.5, 0.6) is 0 Å². The third kappa shape index (κ3) is 3.09. The Morgan fingerprint density at radius 1 is 1.27 bits per heavy atom. The van der Waals surface area contributed by atoms with Crippen LogP contribution in [0.3, 0.4) is 0 Å². The number of aryl methyl sites for hydroxylation is 1. The summed E-state index contributed by atoms with van der Waals surface area (Å²) in [5.74, 6) is 0.604. The zero-order valence-corrected chi connectivity index (χ0v) is 16.9. The van der Waals surface area contributed by atoms with Crippen LogP contribution in [0.1, 0.15) is 42.7 Å². The highest BCUT2D eigenvalue weighted by Crippen LogP contribution is 2.50. The van der Waals surface area contributed by atoms with E-state index in [0.717, 1.165) is 48.9 Å². The third-order valence-corrected chi connectivity index (χ3v) is 6.50. The fourth-order valence-corrected chi connectivity index (χ4v) is 5.02. The molecule has 0 unspecified atom stereocenters. The number of aromatic nitrogens is 3. The third-order valence-electron chi connectivity index (χ3n) is 6.50. The fraction of sp³-hybridized carbons (Fsp3) is 0.391. The number of rotatable bonds is 4. The van der Waals surface area contributed by atoms with Gasteiger partial charge >= 0.3 is 0 Å². The molecule has 0 radical (unpaired) electrons. The second kappa shape index (κ2) is 7.13. The van der Waals surface area contributed by atoms with Crippen LogP contribution in [0.2, 0.25) is 0 Å². The molecule has 2 aromatic heterocycles. The van der Waals surface area contributed by atoms with Crippen molar-refractivity contribution < 1.29 is 9.32 Å². The lowest BCUT2D eigenvalue weighted by Gasteiger charge is -2.50. The number of nitrogens with zero attached hydrogens (tertiary/aromatic N) is 5. The van der Waals surface area contributed by atoms with Crippen LogP contribution in [0.25, 0.3) is 22.4 Å². The van der Waals surface area contributed by atoms with E-state index in [-0.39, 0.29) is 17.2 Å². The summed E-state index contributed by atoms with van der Waals surface area (Å²) in [6, 6.07) is 12.0. The van der Waals surface area contributed by atoms with Crippen LogP contribution in [-0.2, 0) is 7.05 Å². The van der Waals surface area contributed by atoms with Crippen LogP contribution in [-0.4, -0.2) is 37.8 Å². The highest BCUT2D eigenvalue weighted by molar-refractivity contribution is 5.93. The number of likely N-dealkylation sites (tertiary alicyclic amines) is 1. The van der Waals surface area contributed by atoms with Crippen molar-refractivity contribution in [3.05, 3.63) is 48.5 Å². The molecule has 1 aliphatic heterocycles. The predicted molar refractivity (Wildman–Crippen MR) is 110 cm³/mol. The Kier molecular flexibility index (Phi) is 4.43. The van der Waals surface area contributed by atoms with E-state index in [9.17, 15) is 4.79 Å². The van der Waals surface area contributed by atoms with Crippen molar-refractivity contribution in [1.82, 2.24) is 19.8 Å². The molecule has 3 aromatic rings. The van der Waals surface area contributed by atoms with Crippen molar-refractivity contribution in [1.29, 1.82) is 5.26 Å². The summed E-state index contributed by atoms with van der Waals surface area (Å²) in [5, 5.41) is 17.3. The van der Waals surface area contributed by atoms with Gasteiger partial charge in [0.25, 0.3) is 5.91 Å². The Labute approximate surface area is 174 Å². The largest absolute Gasteiger partial charge is 0.350 e. The van der Waals surface area contributed by atoms with E-state index in [1.54, 1.807) is 10.7 Å². The predicted octanol–water partition coefficient (Wildman–Crippen LogP) is 4.04. The van der Waals surface area contributed by atoms with Gasteiger partial charge in [-0.2, -0.15) is 10.4 Å². The van der Waals surface area contributed by atoms with Crippen LogP contribution in [0, 0.1) is 17.2 Å². The maximum atomic E-state index is 13.1. The van der Waals surface area contributed by atoms with Gasteiger partial charge in [0.2, 0.25) is 5.76 Å². The van der Waals surface area contributed by atoms with E-state index >= 15 is 0 Å². The van der Waals surface area contributed by atoms with Crippen LogP contribution in [0.15, 0.2) is 47.2 Å². The van der Waals surface area contributed by atoms with E-state index in [1.165, 1.54) is 0 Å². The molecule has 0 bridgehead atoms. The molecular weight excluding hydrogens is 378 g/mol. The molecule has 7 heteroatoms. The van der Waals surface area contributed by atoms with Crippen molar-refractivity contribution in [3.63, 3.8) is 0 Å². The van der Waals surface area contributed by atoms with Gasteiger partial charge in [-0.05, 0) is 37.2 Å². The van der Waals surface area contributed by atoms with Gasteiger partial charge in [-0.1, -0.05) is 29.4 Å². The maximum absolute atomic E-state index is 13.1. The Bertz CT molecular complexity index is 1120. The molecule has 1 amide bonds. The maximum Gasteiger partial charge on any atom is 0.292 e. The standard InChI is InChI=1S/C23H23N5O2/c1-27-15-19(14-25-27)17-3-5-18(6-4-17)20-11-21(30-26-20)22(29)28-10-2-8-23(28)12-16(13-23)7-9-24/h3-6,11,14-16H,2,7-8,10,12-13H2,1H3. The van der Waals surface area contributed by atoms with Gasteiger partial charge < -0.3 is 9.42 Å². The number of carbonyl (C=O) groups is 1. The number of hydrogen-bond donors (Lipinski definition) is 0. The Hall–Kier alpha value is -3.40. The molecular formula is C23H23N5O2. The minimum Gasteiger partial charge on any atom is -0.350 e. The fourth-order valence-electron chi connectivity index (χ4n) is 5.02. The SMILES string of the molecule is Cn1cc(-c2ccc(-c3cc(C(=O)N4CCCC45CC(CC#N)C5)on3)cc2)cn1. The molecule has 1 aromatic carbocycles. The van der Waals surface area contributed by atoms with E-state index in [2.05, 4.69) is 16.3 Å². The molecule has 2 aliphatic rings. The van der Waals surface area contributed by atoms with Gasteiger partial charge in [0.05, 0.1) is 12.3 Å². The molecule has 5 rings (SSSR count). The van der Waals surface area contributed by atoms with Crippen molar-refractivity contribution in [3.8, 4) is 28.5 Å². The first-order chi connectivity index (χ1) is 14.6. The smallest absolute Gasteiger partial charge is 0.292 e. The molecule has 0 atom stereocenters. The van der Waals surface area contributed by atoms with Gasteiger partial charge in [-0.25, -0.2) is 0 Å². The normalized spacial score (nSPS) is 22.8. The molecule has 1 spiro atoms. The highest BCUT2D eigenvalue weighted by atomic mass is 16.5. The molecule has 2 fully saturated rings. The van der Waals surface area contributed by atoms with E-state index in [0.29, 0.717) is 18.0 Å². The quantitative estimate of drug-likeness (QED) is 0.658.